The van der Waals surface area contributed by atoms with Gasteiger partial charge in [-0.15, -0.1) is 0 Å². The van der Waals surface area contributed by atoms with E-state index in [1.807, 2.05) is 30.3 Å². The summed E-state index contributed by atoms with van der Waals surface area (Å²) in [4.78, 5) is 0. The summed E-state index contributed by atoms with van der Waals surface area (Å²) in [7, 11) is 1.62. The molecule has 2 rings (SSSR count). The number of methoxy groups -OCH3 is 1. The smallest absolute Gasteiger partial charge is 0.162 e. The van der Waals surface area contributed by atoms with Crippen LogP contribution in [0.15, 0.2) is 34.9 Å². The lowest BCUT2D eigenvalue weighted by Crippen LogP contribution is -2.21. The van der Waals surface area contributed by atoms with E-state index in [-0.39, 0.29) is 6.04 Å². The molecule has 5 heteroatoms. The maximum Gasteiger partial charge on any atom is 0.162 e. The average molecular weight is 290 g/mol. The molecule has 0 bridgehead atoms. The van der Waals surface area contributed by atoms with Crippen LogP contribution >= 0.6 is 0 Å². The van der Waals surface area contributed by atoms with Crippen molar-refractivity contribution in [1.82, 2.24) is 5.16 Å². The summed E-state index contributed by atoms with van der Waals surface area (Å²) in [6.45, 7) is 2.86. The van der Waals surface area contributed by atoms with E-state index in [4.69, 9.17) is 19.7 Å². The largest absolute Gasteiger partial charge is 0.487 e. The SMILES string of the molecule is CCC(N)Cc1ccccc1OCc1cc(COC)on1. The van der Waals surface area contributed by atoms with Crippen LogP contribution in [0.1, 0.15) is 30.4 Å². The number of nitrogens with zero attached hydrogens (tertiary/aromatic N) is 1. The molecule has 0 aliphatic rings. The van der Waals surface area contributed by atoms with Crippen LogP contribution in [-0.2, 0) is 24.4 Å². The van der Waals surface area contributed by atoms with E-state index in [0.717, 1.165) is 29.8 Å². The standard InChI is InChI=1S/C16H22N2O3/c1-3-13(17)8-12-6-4-5-7-16(12)20-10-14-9-15(11-19-2)21-18-14/h4-7,9,13H,3,8,10-11,17H2,1-2H3. The van der Waals surface area contributed by atoms with Crippen molar-refractivity contribution in [2.45, 2.75) is 39.0 Å². The predicted molar refractivity (Wildman–Crippen MR) is 80.0 cm³/mol. The summed E-state index contributed by atoms with van der Waals surface area (Å²) < 4.78 is 16.0. The minimum atomic E-state index is 0.148. The minimum absolute atomic E-state index is 0.148. The lowest BCUT2D eigenvalue weighted by atomic mass is 10.0. The minimum Gasteiger partial charge on any atom is -0.487 e. The van der Waals surface area contributed by atoms with Gasteiger partial charge in [0, 0.05) is 19.2 Å². The van der Waals surface area contributed by atoms with Gasteiger partial charge in [-0.25, -0.2) is 0 Å². The van der Waals surface area contributed by atoms with E-state index < -0.39 is 0 Å². The van der Waals surface area contributed by atoms with Crippen LogP contribution in [0.3, 0.4) is 0 Å². The Hall–Kier alpha value is -1.85. The molecule has 1 aromatic heterocycles. The second-order valence-corrected chi connectivity index (χ2v) is 4.99. The number of hydrogen-bond donors (Lipinski definition) is 1. The molecular formula is C16H22N2O3. The fourth-order valence-corrected chi connectivity index (χ4v) is 2.03. The van der Waals surface area contributed by atoms with Crippen LogP contribution < -0.4 is 10.5 Å². The normalized spacial score (nSPS) is 12.3. The molecule has 0 aliphatic carbocycles. The van der Waals surface area contributed by atoms with Crippen molar-refractivity contribution in [1.29, 1.82) is 0 Å². The number of aromatic nitrogens is 1. The van der Waals surface area contributed by atoms with Gasteiger partial charge in [-0.1, -0.05) is 30.3 Å². The van der Waals surface area contributed by atoms with E-state index >= 15 is 0 Å². The number of para-hydroxylation sites is 1. The summed E-state index contributed by atoms with van der Waals surface area (Å²) in [6.07, 6.45) is 1.75. The molecule has 0 aliphatic heterocycles. The Kier molecular flexibility index (Phi) is 5.78. The first-order valence-electron chi connectivity index (χ1n) is 7.12. The van der Waals surface area contributed by atoms with Gasteiger partial charge in [-0.2, -0.15) is 0 Å². The number of rotatable bonds is 8. The predicted octanol–water partition coefficient (Wildman–Crippen LogP) is 2.68. The molecule has 0 amide bonds. The lowest BCUT2D eigenvalue weighted by molar-refractivity contribution is 0.155. The Bertz CT molecular complexity index is 554. The van der Waals surface area contributed by atoms with Gasteiger partial charge in [0.2, 0.25) is 0 Å². The Labute approximate surface area is 125 Å². The van der Waals surface area contributed by atoms with Crippen molar-refractivity contribution in [3.8, 4) is 5.75 Å². The monoisotopic (exact) mass is 290 g/mol. The first-order chi connectivity index (χ1) is 10.2. The van der Waals surface area contributed by atoms with Crippen molar-refractivity contribution in [2.75, 3.05) is 7.11 Å². The van der Waals surface area contributed by atoms with Gasteiger partial charge in [0.25, 0.3) is 0 Å². The van der Waals surface area contributed by atoms with Crippen LogP contribution in [0.4, 0.5) is 0 Å². The number of hydrogen-bond acceptors (Lipinski definition) is 5. The maximum atomic E-state index is 6.02. The third-order valence-corrected chi connectivity index (χ3v) is 3.25. The average Bonchev–Trinajstić information content (AvgIpc) is 2.94. The molecule has 0 spiro atoms. The van der Waals surface area contributed by atoms with E-state index in [2.05, 4.69) is 12.1 Å². The van der Waals surface area contributed by atoms with Crippen molar-refractivity contribution in [2.24, 2.45) is 5.73 Å². The zero-order chi connectivity index (χ0) is 15.1. The molecule has 0 saturated carbocycles. The fourth-order valence-electron chi connectivity index (χ4n) is 2.03. The topological polar surface area (TPSA) is 70.5 Å². The first kappa shape index (κ1) is 15.5. The fraction of sp³-hybridized carbons (Fsp3) is 0.438. The molecule has 21 heavy (non-hydrogen) atoms. The summed E-state index contributed by atoms with van der Waals surface area (Å²) in [5.41, 5.74) is 7.89. The van der Waals surface area contributed by atoms with Crippen molar-refractivity contribution < 1.29 is 14.0 Å². The highest BCUT2D eigenvalue weighted by Gasteiger charge is 2.09. The van der Waals surface area contributed by atoms with Crippen molar-refractivity contribution >= 4 is 0 Å². The second-order valence-electron chi connectivity index (χ2n) is 4.99. The van der Waals surface area contributed by atoms with Gasteiger partial charge in [-0.3, -0.25) is 0 Å². The Morgan fingerprint density at radius 3 is 2.86 bits per heavy atom. The van der Waals surface area contributed by atoms with Crippen molar-refractivity contribution in [3.05, 3.63) is 47.3 Å². The van der Waals surface area contributed by atoms with E-state index in [1.165, 1.54) is 0 Å². The lowest BCUT2D eigenvalue weighted by Gasteiger charge is -2.13. The summed E-state index contributed by atoms with van der Waals surface area (Å²) in [5, 5.41) is 3.95. The molecule has 2 aromatic rings. The number of ether oxygens (including phenoxy) is 2. The van der Waals surface area contributed by atoms with Crippen LogP contribution in [0.25, 0.3) is 0 Å². The second kappa shape index (κ2) is 7.81. The molecule has 5 nitrogen and oxygen atoms in total. The molecule has 1 aromatic carbocycles. The molecule has 0 fully saturated rings. The van der Waals surface area contributed by atoms with E-state index in [0.29, 0.717) is 19.0 Å². The number of nitrogens with two attached hydrogens (primary N) is 1. The van der Waals surface area contributed by atoms with Crippen molar-refractivity contribution in [3.63, 3.8) is 0 Å². The van der Waals surface area contributed by atoms with E-state index in [9.17, 15) is 0 Å². The summed E-state index contributed by atoms with van der Waals surface area (Å²) in [5.74, 6) is 1.54. The van der Waals surface area contributed by atoms with Crippen LogP contribution in [0.5, 0.6) is 5.75 Å². The molecule has 2 N–H and O–H groups in total. The third kappa shape index (κ3) is 4.58. The highest BCUT2D eigenvalue weighted by molar-refractivity contribution is 5.34. The first-order valence-corrected chi connectivity index (χ1v) is 7.12. The quantitative estimate of drug-likeness (QED) is 0.809. The van der Waals surface area contributed by atoms with Crippen LogP contribution in [0.2, 0.25) is 0 Å². The zero-order valence-electron chi connectivity index (χ0n) is 12.5. The van der Waals surface area contributed by atoms with Crippen LogP contribution in [0, 0.1) is 0 Å². The molecule has 1 atom stereocenters. The Morgan fingerprint density at radius 1 is 1.29 bits per heavy atom. The number of benzene rings is 1. The van der Waals surface area contributed by atoms with Gasteiger partial charge >= 0.3 is 0 Å². The molecule has 114 valence electrons. The Balaban J connectivity index is 1.98. The molecule has 1 heterocycles. The van der Waals surface area contributed by atoms with Gasteiger partial charge in [0.1, 0.15) is 24.7 Å². The van der Waals surface area contributed by atoms with E-state index in [1.54, 1.807) is 7.11 Å². The molecule has 0 radical (unpaired) electrons. The van der Waals surface area contributed by atoms with Gasteiger partial charge < -0.3 is 19.7 Å². The summed E-state index contributed by atoms with van der Waals surface area (Å²) in [6, 6.07) is 9.93. The highest BCUT2D eigenvalue weighted by atomic mass is 16.5. The van der Waals surface area contributed by atoms with Gasteiger partial charge in [-0.05, 0) is 24.5 Å². The molecule has 1 unspecified atom stereocenters. The van der Waals surface area contributed by atoms with Gasteiger partial charge in [0.15, 0.2) is 5.76 Å². The van der Waals surface area contributed by atoms with Crippen LogP contribution in [-0.4, -0.2) is 18.3 Å². The highest BCUT2D eigenvalue weighted by Crippen LogP contribution is 2.21. The Morgan fingerprint density at radius 2 is 2.10 bits per heavy atom. The maximum absolute atomic E-state index is 6.02. The third-order valence-electron chi connectivity index (χ3n) is 3.25. The van der Waals surface area contributed by atoms with Gasteiger partial charge in [0.05, 0.1) is 0 Å². The molecule has 0 saturated heterocycles. The summed E-state index contributed by atoms with van der Waals surface area (Å²) >= 11 is 0. The molecular weight excluding hydrogens is 268 g/mol. The zero-order valence-corrected chi connectivity index (χ0v) is 12.5.